The Morgan fingerprint density at radius 2 is 1.52 bits per heavy atom. The van der Waals surface area contributed by atoms with Crippen LogP contribution in [0.4, 0.5) is 0 Å². The minimum Gasteiger partial charge on any atom is -0.289 e. The molecule has 1 aromatic heterocycles. The van der Waals surface area contributed by atoms with Gasteiger partial charge in [0.25, 0.3) is 0 Å². The highest BCUT2D eigenvalue weighted by Crippen LogP contribution is 2.21. The topological polar surface area (TPSA) is 30.0 Å². The number of nitrogens with zero attached hydrogens (tertiary/aromatic N) is 1. The zero-order valence-electron chi connectivity index (χ0n) is 11.8. The Labute approximate surface area is 124 Å². The van der Waals surface area contributed by atoms with E-state index >= 15 is 0 Å². The molecule has 0 aliphatic heterocycles. The maximum atomic E-state index is 12.5. The molecule has 0 amide bonds. The van der Waals surface area contributed by atoms with Crippen LogP contribution in [0, 0.1) is 6.92 Å². The summed E-state index contributed by atoms with van der Waals surface area (Å²) in [6.07, 6.45) is 3.37. The van der Waals surface area contributed by atoms with E-state index in [1.807, 2.05) is 49.4 Å². The van der Waals surface area contributed by atoms with Gasteiger partial charge in [-0.1, -0.05) is 54.6 Å². The van der Waals surface area contributed by atoms with E-state index < -0.39 is 0 Å². The molecule has 3 rings (SSSR count). The van der Waals surface area contributed by atoms with E-state index in [2.05, 4.69) is 17.1 Å². The molecule has 1 heterocycles. The summed E-state index contributed by atoms with van der Waals surface area (Å²) in [6, 6.07) is 19.6. The lowest BCUT2D eigenvalue weighted by atomic mass is 9.98. The smallest absolute Gasteiger partial charge is 0.193 e. The first-order valence-corrected chi connectivity index (χ1v) is 6.86. The minimum absolute atomic E-state index is 0.0366. The maximum Gasteiger partial charge on any atom is 0.193 e. The monoisotopic (exact) mass is 273 g/mol. The van der Waals surface area contributed by atoms with Gasteiger partial charge in [0.2, 0.25) is 0 Å². The van der Waals surface area contributed by atoms with Crippen LogP contribution in [0.15, 0.2) is 73.1 Å². The van der Waals surface area contributed by atoms with Crippen molar-refractivity contribution in [2.75, 3.05) is 0 Å². The highest BCUT2D eigenvalue weighted by atomic mass is 16.1. The molecule has 0 radical (unpaired) electrons. The Morgan fingerprint density at radius 1 is 0.857 bits per heavy atom. The van der Waals surface area contributed by atoms with Gasteiger partial charge in [-0.15, -0.1) is 0 Å². The Hall–Kier alpha value is -2.74. The summed E-state index contributed by atoms with van der Waals surface area (Å²) in [5.74, 6) is 0.0366. The molecule has 0 spiro atoms. The van der Waals surface area contributed by atoms with E-state index in [1.54, 1.807) is 18.5 Å². The maximum absolute atomic E-state index is 12.5. The van der Waals surface area contributed by atoms with Gasteiger partial charge in [-0.05, 0) is 29.7 Å². The molecular formula is C19H15NO. The largest absolute Gasteiger partial charge is 0.289 e. The first kappa shape index (κ1) is 13.3. The second-order valence-corrected chi connectivity index (χ2v) is 4.96. The summed E-state index contributed by atoms with van der Waals surface area (Å²) in [5.41, 5.74) is 4.56. The van der Waals surface area contributed by atoms with E-state index in [4.69, 9.17) is 0 Å². The number of aryl methyl sites for hydroxylation is 1. The highest BCUT2D eigenvalue weighted by molar-refractivity contribution is 6.09. The lowest BCUT2D eigenvalue weighted by Crippen LogP contribution is -2.03. The third-order valence-electron chi connectivity index (χ3n) is 3.52. The van der Waals surface area contributed by atoms with Gasteiger partial charge < -0.3 is 0 Å². The van der Waals surface area contributed by atoms with Crippen LogP contribution < -0.4 is 0 Å². The van der Waals surface area contributed by atoms with E-state index in [0.29, 0.717) is 11.1 Å². The fourth-order valence-electron chi connectivity index (χ4n) is 2.33. The first-order valence-electron chi connectivity index (χ1n) is 6.86. The van der Waals surface area contributed by atoms with E-state index in [0.717, 1.165) is 16.7 Å². The van der Waals surface area contributed by atoms with Crippen molar-refractivity contribution in [3.63, 3.8) is 0 Å². The molecular weight excluding hydrogens is 258 g/mol. The third-order valence-corrected chi connectivity index (χ3v) is 3.52. The molecule has 0 N–H and O–H groups in total. The summed E-state index contributed by atoms with van der Waals surface area (Å²) in [6.45, 7) is 1.90. The minimum atomic E-state index is 0.0366. The number of carbonyl (C=O) groups excluding carboxylic acids is 1. The Balaban J connectivity index is 1.91. The lowest BCUT2D eigenvalue weighted by Gasteiger charge is -2.06. The van der Waals surface area contributed by atoms with Crippen molar-refractivity contribution in [3.8, 4) is 11.1 Å². The quantitative estimate of drug-likeness (QED) is 0.666. The van der Waals surface area contributed by atoms with Crippen LogP contribution in [0.2, 0.25) is 0 Å². The number of hydrogen-bond donors (Lipinski definition) is 0. The number of rotatable bonds is 3. The van der Waals surface area contributed by atoms with Crippen molar-refractivity contribution in [2.24, 2.45) is 0 Å². The standard InChI is InChI=1S/C19H15NO/c1-14-13-20-12-11-18(14)19(21)17-9-7-16(8-10-17)15-5-3-2-4-6-15/h2-13H,1H3. The van der Waals surface area contributed by atoms with Crippen molar-refractivity contribution >= 4 is 5.78 Å². The molecule has 0 bridgehead atoms. The number of carbonyl (C=O) groups is 1. The molecule has 2 nitrogen and oxygen atoms in total. The summed E-state index contributed by atoms with van der Waals surface area (Å²) >= 11 is 0. The number of hydrogen-bond acceptors (Lipinski definition) is 2. The number of ketones is 1. The summed E-state index contributed by atoms with van der Waals surface area (Å²) in [5, 5.41) is 0. The summed E-state index contributed by atoms with van der Waals surface area (Å²) < 4.78 is 0. The van der Waals surface area contributed by atoms with Crippen molar-refractivity contribution < 1.29 is 4.79 Å². The molecule has 102 valence electrons. The van der Waals surface area contributed by atoms with Crippen molar-refractivity contribution in [1.29, 1.82) is 0 Å². The van der Waals surface area contributed by atoms with Crippen LogP contribution >= 0.6 is 0 Å². The molecule has 0 fully saturated rings. The average molecular weight is 273 g/mol. The van der Waals surface area contributed by atoms with Gasteiger partial charge in [0, 0.05) is 23.5 Å². The fourth-order valence-corrected chi connectivity index (χ4v) is 2.33. The van der Waals surface area contributed by atoms with Crippen LogP contribution in [0.5, 0.6) is 0 Å². The lowest BCUT2D eigenvalue weighted by molar-refractivity contribution is 0.103. The molecule has 2 heteroatoms. The van der Waals surface area contributed by atoms with Crippen molar-refractivity contribution in [1.82, 2.24) is 4.98 Å². The Kier molecular flexibility index (Phi) is 3.61. The first-order chi connectivity index (χ1) is 10.3. The zero-order valence-corrected chi connectivity index (χ0v) is 11.8. The molecule has 21 heavy (non-hydrogen) atoms. The molecule has 0 unspecified atom stereocenters. The predicted octanol–water partition coefficient (Wildman–Crippen LogP) is 4.29. The Morgan fingerprint density at radius 3 is 2.19 bits per heavy atom. The second kappa shape index (κ2) is 5.71. The van der Waals surface area contributed by atoms with Gasteiger partial charge in [0.05, 0.1) is 0 Å². The normalized spacial score (nSPS) is 10.3. The zero-order chi connectivity index (χ0) is 14.7. The SMILES string of the molecule is Cc1cnccc1C(=O)c1ccc(-c2ccccc2)cc1. The summed E-state index contributed by atoms with van der Waals surface area (Å²) in [7, 11) is 0. The fraction of sp³-hybridized carbons (Fsp3) is 0.0526. The number of aromatic nitrogens is 1. The van der Waals surface area contributed by atoms with Crippen LogP contribution in [0.1, 0.15) is 21.5 Å². The highest BCUT2D eigenvalue weighted by Gasteiger charge is 2.11. The second-order valence-electron chi connectivity index (χ2n) is 4.96. The van der Waals surface area contributed by atoms with E-state index in [1.165, 1.54) is 0 Å². The van der Waals surface area contributed by atoms with Gasteiger partial charge in [0.15, 0.2) is 5.78 Å². The van der Waals surface area contributed by atoms with Crippen LogP contribution in [-0.2, 0) is 0 Å². The molecule has 3 aromatic rings. The van der Waals surface area contributed by atoms with Crippen molar-refractivity contribution in [2.45, 2.75) is 6.92 Å². The molecule has 0 aliphatic rings. The van der Waals surface area contributed by atoms with E-state index in [9.17, 15) is 4.79 Å². The predicted molar refractivity (Wildman–Crippen MR) is 84.3 cm³/mol. The van der Waals surface area contributed by atoms with Gasteiger partial charge in [-0.3, -0.25) is 9.78 Å². The number of benzene rings is 2. The molecule has 0 saturated carbocycles. The van der Waals surface area contributed by atoms with Crippen LogP contribution in [0.3, 0.4) is 0 Å². The van der Waals surface area contributed by atoms with Crippen LogP contribution in [-0.4, -0.2) is 10.8 Å². The molecule has 0 aliphatic carbocycles. The van der Waals surface area contributed by atoms with E-state index in [-0.39, 0.29) is 5.78 Å². The molecule has 0 saturated heterocycles. The summed E-state index contributed by atoms with van der Waals surface area (Å²) in [4.78, 5) is 16.5. The molecule has 2 aromatic carbocycles. The third kappa shape index (κ3) is 2.75. The average Bonchev–Trinajstić information content (AvgIpc) is 2.56. The molecule has 0 atom stereocenters. The van der Waals surface area contributed by atoms with Gasteiger partial charge in [-0.2, -0.15) is 0 Å². The number of pyridine rings is 1. The van der Waals surface area contributed by atoms with Crippen LogP contribution in [0.25, 0.3) is 11.1 Å². The van der Waals surface area contributed by atoms with Gasteiger partial charge >= 0.3 is 0 Å². The van der Waals surface area contributed by atoms with Gasteiger partial charge in [-0.25, -0.2) is 0 Å². The Bertz CT molecular complexity index is 761. The van der Waals surface area contributed by atoms with Gasteiger partial charge in [0.1, 0.15) is 0 Å². The van der Waals surface area contributed by atoms with Crippen molar-refractivity contribution in [3.05, 3.63) is 89.7 Å².